The molecule has 0 N–H and O–H groups in total. The fraction of sp³-hybridized carbons (Fsp3) is 0.900. The van der Waals surface area contributed by atoms with Gasteiger partial charge in [0.15, 0.2) is 0 Å². The van der Waals surface area contributed by atoms with Crippen molar-refractivity contribution in [1.29, 1.82) is 5.26 Å². The fourth-order valence-corrected chi connectivity index (χ4v) is 7.17. The van der Waals surface area contributed by atoms with Crippen LogP contribution in [0.25, 0.3) is 0 Å². The molecule has 0 aromatic heterocycles. The molecule has 3 aliphatic carbocycles. The Morgan fingerprint density at radius 3 is 2.03 bits per heavy atom. The molecule has 0 aromatic carbocycles. The average molecular weight is 426 g/mol. The van der Waals surface area contributed by atoms with Gasteiger partial charge in [-0.1, -0.05) is 96.1 Å². The summed E-state index contributed by atoms with van der Waals surface area (Å²) in [6.45, 7) is 4.61. The second-order valence-electron chi connectivity index (χ2n) is 11.5. The molecule has 0 amide bonds. The lowest BCUT2D eigenvalue weighted by molar-refractivity contribution is 0.130. The Labute approximate surface area is 194 Å². The quantitative estimate of drug-likeness (QED) is 0.239. The van der Waals surface area contributed by atoms with Crippen LogP contribution in [0.5, 0.6) is 0 Å². The van der Waals surface area contributed by atoms with Crippen molar-refractivity contribution < 1.29 is 0 Å². The third kappa shape index (κ3) is 7.11. The van der Waals surface area contributed by atoms with Crippen LogP contribution < -0.4 is 0 Å². The third-order valence-corrected chi connectivity index (χ3v) is 9.47. The predicted molar refractivity (Wildman–Crippen MR) is 134 cm³/mol. The van der Waals surface area contributed by atoms with Crippen LogP contribution in [0.15, 0.2) is 11.6 Å². The summed E-state index contributed by atoms with van der Waals surface area (Å²) >= 11 is 0. The Balaban J connectivity index is 1.40. The predicted octanol–water partition coefficient (Wildman–Crippen LogP) is 9.77. The topological polar surface area (TPSA) is 23.8 Å². The Kier molecular flexibility index (Phi) is 10.5. The molecule has 3 aliphatic rings. The number of allylic oxidation sites excluding steroid dienone is 2. The van der Waals surface area contributed by atoms with Crippen molar-refractivity contribution in [2.45, 2.75) is 142 Å². The average Bonchev–Trinajstić information content (AvgIpc) is 2.83. The van der Waals surface area contributed by atoms with Crippen LogP contribution in [0.2, 0.25) is 0 Å². The van der Waals surface area contributed by atoms with Crippen molar-refractivity contribution in [1.82, 2.24) is 0 Å². The summed E-state index contributed by atoms with van der Waals surface area (Å²) in [5.74, 6) is 3.78. The number of hydrogen-bond acceptors (Lipinski definition) is 1. The minimum Gasteiger partial charge on any atom is -0.197 e. The second-order valence-corrected chi connectivity index (χ2v) is 11.5. The van der Waals surface area contributed by atoms with Gasteiger partial charge in [0.2, 0.25) is 0 Å². The molecule has 1 nitrogen and oxygen atoms in total. The molecular weight excluding hydrogens is 374 g/mol. The molecule has 0 spiro atoms. The molecule has 0 aliphatic heterocycles. The lowest BCUT2D eigenvalue weighted by Gasteiger charge is -2.42. The van der Waals surface area contributed by atoms with Gasteiger partial charge in [-0.25, -0.2) is 0 Å². The van der Waals surface area contributed by atoms with Gasteiger partial charge in [0.05, 0.1) is 11.5 Å². The molecule has 31 heavy (non-hydrogen) atoms. The van der Waals surface area contributed by atoms with E-state index >= 15 is 0 Å². The van der Waals surface area contributed by atoms with Gasteiger partial charge < -0.3 is 0 Å². The Hall–Kier alpha value is -0.770. The number of nitriles is 1. The van der Waals surface area contributed by atoms with Crippen LogP contribution in [0, 0.1) is 40.4 Å². The van der Waals surface area contributed by atoms with Crippen molar-refractivity contribution in [2.75, 3.05) is 0 Å². The molecule has 0 saturated heterocycles. The van der Waals surface area contributed by atoms with Gasteiger partial charge in [-0.2, -0.15) is 5.26 Å². The third-order valence-electron chi connectivity index (χ3n) is 9.47. The van der Waals surface area contributed by atoms with Crippen molar-refractivity contribution in [3.05, 3.63) is 11.6 Å². The van der Waals surface area contributed by atoms with Crippen LogP contribution in [-0.4, -0.2) is 0 Å². The first-order chi connectivity index (χ1) is 15.2. The zero-order chi connectivity index (χ0) is 21.9. The van der Waals surface area contributed by atoms with Crippen LogP contribution in [0.4, 0.5) is 0 Å². The Morgan fingerprint density at radius 2 is 1.42 bits per heavy atom. The van der Waals surface area contributed by atoms with Gasteiger partial charge >= 0.3 is 0 Å². The fourth-order valence-electron chi connectivity index (χ4n) is 7.17. The number of unbranched alkanes of at least 4 members (excludes halogenated alkanes) is 5. The highest BCUT2D eigenvalue weighted by molar-refractivity contribution is 5.26. The normalized spacial score (nSPS) is 34.2. The first kappa shape index (κ1) is 24.9. The van der Waals surface area contributed by atoms with E-state index < -0.39 is 0 Å². The van der Waals surface area contributed by atoms with Gasteiger partial charge in [0.1, 0.15) is 0 Å². The van der Waals surface area contributed by atoms with Crippen molar-refractivity contribution >= 4 is 0 Å². The zero-order valence-corrected chi connectivity index (χ0v) is 21.0. The maximum absolute atomic E-state index is 10.2. The molecule has 1 heteroatoms. The van der Waals surface area contributed by atoms with E-state index in [4.69, 9.17) is 0 Å². The minimum absolute atomic E-state index is 0.0953. The molecule has 3 rings (SSSR count). The molecule has 2 fully saturated rings. The standard InChI is InChI=1S/C30H51N/c1-3-5-7-8-9-11-26-12-16-27(17-13-26)28-20-22-30(24-31,23-21-28)29-18-14-25(15-19-29)10-6-4-2/h18,25-28H,3-17,19-23H2,1-2H3. The van der Waals surface area contributed by atoms with E-state index in [2.05, 4.69) is 26.0 Å². The zero-order valence-electron chi connectivity index (χ0n) is 21.0. The highest BCUT2D eigenvalue weighted by Gasteiger charge is 2.41. The highest BCUT2D eigenvalue weighted by atomic mass is 14.5. The summed E-state index contributed by atoms with van der Waals surface area (Å²) < 4.78 is 0. The lowest BCUT2D eigenvalue weighted by atomic mass is 9.61. The van der Waals surface area contributed by atoms with E-state index in [1.165, 1.54) is 121 Å². The van der Waals surface area contributed by atoms with E-state index in [-0.39, 0.29) is 5.41 Å². The lowest BCUT2D eigenvalue weighted by Crippen LogP contribution is -2.33. The highest BCUT2D eigenvalue weighted by Crippen LogP contribution is 2.51. The van der Waals surface area contributed by atoms with E-state index in [9.17, 15) is 5.26 Å². The summed E-state index contributed by atoms with van der Waals surface area (Å²) in [6, 6.07) is 2.85. The smallest absolute Gasteiger partial charge is 0.0782 e. The number of nitrogens with zero attached hydrogens (tertiary/aromatic N) is 1. The molecular formula is C30H51N. The SMILES string of the molecule is CCCCCCCC1CCC(C2CCC(C#N)(C3=CCC(CCCC)CC3)CC2)CC1. The van der Waals surface area contributed by atoms with E-state index in [1.54, 1.807) is 0 Å². The van der Waals surface area contributed by atoms with Crippen molar-refractivity contribution in [2.24, 2.45) is 29.1 Å². The van der Waals surface area contributed by atoms with Crippen LogP contribution in [0.3, 0.4) is 0 Å². The summed E-state index contributed by atoms with van der Waals surface area (Å²) in [4.78, 5) is 0. The summed E-state index contributed by atoms with van der Waals surface area (Å²) in [5, 5.41) is 10.2. The molecule has 0 radical (unpaired) electrons. The van der Waals surface area contributed by atoms with Gasteiger partial charge in [0.25, 0.3) is 0 Å². The number of hydrogen-bond donors (Lipinski definition) is 0. The first-order valence-corrected chi connectivity index (χ1v) is 14.3. The summed E-state index contributed by atoms with van der Waals surface area (Å²) in [6.07, 6.45) is 29.9. The van der Waals surface area contributed by atoms with Crippen molar-refractivity contribution in [3.8, 4) is 6.07 Å². The molecule has 1 atom stereocenters. The van der Waals surface area contributed by atoms with Crippen LogP contribution in [0.1, 0.15) is 142 Å². The Morgan fingerprint density at radius 1 is 0.774 bits per heavy atom. The second kappa shape index (κ2) is 13.1. The monoisotopic (exact) mass is 425 g/mol. The summed E-state index contributed by atoms with van der Waals surface area (Å²) in [7, 11) is 0. The van der Waals surface area contributed by atoms with E-state index in [1.807, 2.05) is 0 Å². The van der Waals surface area contributed by atoms with Crippen molar-refractivity contribution in [3.63, 3.8) is 0 Å². The van der Waals surface area contributed by atoms with Gasteiger partial charge in [-0.15, -0.1) is 0 Å². The molecule has 0 bridgehead atoms. The van der Waals surface area contributed by atoms with E-state index in [0.29, 0.717) is 0 Å². The van der Waals surface area contributed by atoms with Crippen LogP contribution in [-0.2, 0) is 0 Å². The van der Waals surface area contributed by atoms with Gasteiger partial charge in [0, 0.05) is 0 Å². The maximum Gasteiger partial charge on any atom is 0.0782 e. The largest absolute Gasteiger partial charge is 0.197 e. The molecule has 0 heterocycles. The van der Waals surface area contributed by atoms with Crippen LogP contribution >= 0.6 is 0 Å². The molecule has 2 saturated carbocycles. The van der Waals surface area contributed by atoms with Gasteiger partial charge in [-0.3, -0.25) is 0 Å². The first-order valence-electron chi connectivity index (χ1n) is 14.3. The minimum atomic E-state index is -0.0953. The maximum atomic E-state index is 10.2. The number of rotatable bonds is 11. The van der Waals surface area contributed by atoms with Gasteiger partial charge in [-0.05, 0) is 81.5 Å². The summed E-state index contributed by atoms with van der Waals surface area (Å²) in [5.41, 5.74) is 1.44. The molecule has 176 valence electrons. The molecule has 1 unspecified atom stereocenters. The molecule has 0 aromatic rings. The van der Waals surface area contributed by atoms with E-state index in [0.717, 1.165) is 36.5 Å². The Bertz CT molecular complexity index is 566.